The highest BCUT2D eigenvalue weighted by Gasteiger charge is 2.33. The van der Waals surface area contributed by atoms with Gasteiger partial charge < -0.3 is 10.6 Å². The van der Waals surface area contributed by atoms with Crippen LogP contribution >= 0.6 is 0 Å². The third kappa shape index (κ3) is 4.93. The van der Waals surface area contributed by atoms with Crippen molar-refractivity contribution >= 4 is 17.5 Å². The Morgan fingerprint density at radius 1 is 1.12 bits per heavy atom. The number of benzene rings is 1. The number of aromatic nitrogens is 3. The number of nitrogens with one attached hydrogen (secondary N) is 2. The van der Waals surface area contributed by atoms with E-state index in [0.717, 1.165) is 25.3 Å². The average Bonchev–Trinajstić information content (AvgIpc) is 2.63. The Morgan fingerprint density at radius 3 is 2.73 bits per heavy atom. The molecule has 1 aliphatic rings. The summed E-state index contributed by atoms with van der Waals surface area (Å²) in [5.74, 6) is 0.493. The molecule has 0 amide bonds. The molecule has 0 radical (unpaired) electrons. The van der Waals surface area contributed by atoms with Crippen molar-refractivity contribution in [3.8, 4) is 0 Å². The van der Waals surface area contributed by atoms with E-state index >= 15 is 0 Å². The van der Waals surface area contributed by atoms with E-state index in [9.17, 15) is 13.2 Å². The van der Waals surface area contributed by atoms with Gasteiger partial charge in [0.15, 0.2) is 5.82 Å². The highest BCUT2D eigenvalue weighted by atomic mass is 19.4. The van der Waals surface area contributed by atoms with E-state index in [1.54, 1.807) is 0 Å². The van der Waals surface area contributed by atoms with Crippen molar-refractivity contribution in [1.29, 1.82) is 0 Å². The predicted octanol–water partition coefficient (Wildman–Crippen LogP) is 4.94. The van der Waals surface area contributed by atoms with E-state index in [4.69, 9.17) is 0 Å². The smallest absolute Gasteiger partial charge is 0.353 e. The molecule has 0 aliphatic heterocycles. The molecule has 2 aromatic rings. The highest BCUT2D eigenvalue weighted by Crippen LogP contribution is 2.35. The molecule has 1 aliphatic carbocycles. The van der Waals surface area contributed by atoms with Gasteiger partial charge in [0.05, 0.1) is 17.4 Å². The van der Waals surface area contributed by atoms with Gasteiger partial charge in [0.2, 0.25) is 5.95 Å². The van der Waals surface area contributed by atoms with Crippen LogP contribution in [0.15, 0.2) is 42.1 Å². The highest BCUT2D eigenvalue weighted by molar-refractivity contribution is 5.61. The lowest BCUT2D eigenvalue weighted by Crippen LogP contribution is -2.11. The fraction of sp³-hybridized carbons (Fsp3) is 0.389. The fourth-order valence-electron chi connectivity index (χ4n) is 2.88. The molecular formula is C18H20F3N5. The molecule has 0 saturated carbocycles. The van der Waals surface area contributed by atoms with Gasteiger partial charge >= 0.3 is 6.18 Å². The Hall–Kier alpha value is -2.64. The number of para-hydroxylation sites is 1. The van der Waals surface area contributed by atoms with Gasteiger partial charge in [-0.25, -0.2) is 0 Å². The first-order valence-electron chi connectivity index (χ1n) is 8.57. The molecule has 5 nitrogen and oxygen atoms in total. The van der Waals surface area contributed by atoms with E-state index < -0.39 is 11.7 Å². The predicted molar refractivity (Wildman–Crippen MR) is 94.2 cm³/mol. The Kier molecular flexibility index (Phi) is 5.70. The maximum Gasteiger partial charge on any atom is 0.418 e. The monoisotopic (exact) mass is 363 g/mol. The van der Waals surface area contributed by atoms with Gasteiger partial charge in [-0.2, -0.15) is 23.3 Å². The van der Waals surface area contributed by atoms with Crippen LogP contribution in [0.25, 0.3) is 0 Å². The molecule has 3 rings (SSSR count). The van der Waals surface area contributed by atoms with Gasteiger partial charge in [0.1, 0.15) is 0 Å². The molecule has 1 aromatic heterocycles. The minimum absolute atomic E-state index is 0.0705. The Bertz CT molecular complexity index is 773. The molecule has 0 bridgehead atoms. The zero-order valence-electron chi connectivity index (χ0n) is 14.2. The van der Waals surface area contributed by atoms with Gasteiger partial charge in [0.25, 0.3) is 0 Å². The second-order valence-corrected chi connectivity index (χ2v) is 6.12. The number of anilines is 3. The summed E-state index contributed by atoms with van der Waals surface area (Å²) in [6, 6.07) is 5.25. The molecule has 26 heavy (non-hydrogen) atoms. The molecule has 1 aromatic carbocycles. The van der Waals surface area contributed by atoms with Crippen molar-refractivity contribution in [2.45, 2.75) is 38.3 Å². The summed E-state index contributed by atoms with van der Waals surface area (Å²) in [6.07, 6.45) is 4.75. The molecule has 1 heterocycles. The number of hydrogen-bond donors (Lipinski definition) is 2. The fourth-order valence-corrected chi connectivity index (χ4v) is 2.88. The third-order valence-corrected chi connectivity index (χ3v) is 4.17. The summed E-state index contributed by atoms with van der Waals surface area (Å²) in [5.41, 5.74) is 0.598. The first kappa shape index (κ1) is 18.2. The second kappa shape index (κ2) is 8.16. The summed E-state index contributed by atoms with van der Waals surface area (Å²) in [7, 11) is 0. The summed E-state index contributed by atoms with van der Waals surface area (Å²) >= 11 is 0. The van der Waals surface area contributed by atoms with Gasteiger partial charge in [-0.1, -0.05) is 23.8 Å². The maximum absolute atomic E-state index is 13.1. The molecule has 8 heteroatoms. The molecule has 0 saturated heterocycles. The number of halogens is 3. The van der Waals surface area contributed by atoms with Crippen molar-refractivity contribution < 1.29 is 13.2 Å². The van der Waals surface area contributed by atoms with Crippen LogP contribution in [0.5, 0.6) is 0 Å². The van der Waals surface area contributed by atoms with Gasteiger partial charge in [-0.05, 0) is 44.2 Å². The van der Waals surface area contributed by atoms with Crippen LogP contribution in [0.4, 0.5) is 30.6 Å². The van der Waals surface area contributed by atoms with Crippen LogP contribution in [0.3, 0.4) is 0 Å². The van der Waals surface area contributed by atoms with E-state index in [2.05, 4.69) is 31.9 Å². The maximum atomic E-state index is 13.1. The van der Waals surface area contributed by atoms with Crippen LogP contribution in [-0.4, -0.2) is 21.7 Å². The minimum atomic E-state index is -4.45. The Labute approximate surface area is 149 Å². The zero-order valence-corrected chi connectivity index (χ0v) is 14.2. The Balaban J connectivity index is 1.64. The number of hydrogen-bond acceptors (Lipinski definition) is 5. The largest absolute Gasteiger partial charge is 0.418 e. The van der Waals surface area contributed by atoms with E-state index in [1.165, 1.54) is 42.8 Å². The normalized spacial score (nSPS) is 14.7. The first-order valence-corrected chi connectivity index (χ1v) is 8.57. The van der Waals surface area contributed by atoms with Crippen LogP contribution in [0.1, 0.15) is 37.7 Å². The zero-order chi connectivity index (χ0) is 18.4. The van der Waals surface area contributed by atoms with Crippen molar-refractivity contribution in [2.24, 2.45) is 0 Å². The molecule has 0 spiro atoms. The molecule has 138 valence electrons. The van der Waals surface area contributed by atoms with E-state index in [0.29, 0.717) is 6.54 Å². The van der Waals surface area contributed by atoms with Crippen molar-refractivity contribution in [3.63, 3.8) is 0 Å². The van der Waals surface area contributed by atoms with Crippen molar-refractivity contribution in [1.82, 2.24) is 15.2 Å². The Morgan fingerprint density at radius 2 is 1.96 bits per heavy atom. The van der Waals surface area contributed by atoms with Crippen molar-refractivity contribution in [3.05, 3.63) is 47.7 Å². The second-order valence-electron chi connectivity index (χ2n) is 6.12. The summed E-state index contributed by atoms with van der Waals surface area (Å²) in [5, 5.41) is 13.4. The lowest BCUT2D eigenvalue weighted by atomic mass is 9.97. The lowest BCUT2D eigenvalue weighted by Gasteiger charge is -2.14. The van der Waals surface area contributed by atoms with E-state index in [1.807, 2.05) is 0 Å². The first-order chi connectivity index (χ1) is 12.5. The molecule has 0 unspecified atom stereocenters. The van der Waals surface area contributed by atoms with Crippen LogP contribution in [0, 0.1) is 0 Å². The van der Waals surface area contributed by atoms with E-state index in [-0.39, 0.29) is 17.5 Å². The number of alkyl halides is 3. The quantitative estimate of drug-likeness (QED) is 0.712. The number of rotatable bonds is 6. The van der Waals surface area contributed by atoms with Crippen LogP contribution in [0.2, 0.25) is 0 Å². The third-order valence-electron chi connectivity index (χ3n) is 4.17. The number of nitrogens with zero attached hydrogens (tertiary/aromatic N) is 3. The van der Waals surface area contributed by atoms with Crippen LogP contribution < -0.4 is 10.6 Å². The minimum Gasteiger partial charge on any atom is -0.353 e. The average molecular weight is 363 g/mol. The SMILES string of the molecule is FC(F)(F)c1ccccc1Nc1cnnc(NCCC2=CCCCC2)n1. The summed E-state index contributed by atoms with van der Waals surface area (Å²) in [4.78, 5) is 4.19. The molecule has 0 fully saturated rings. The van der Waals surface area contributed by atoms with Crippen LogP contribution in [-0.2, 0) is 6.18 Å². The van der Waals surface area contributed by atoms with Gasteiger partial charge in [0, 0.05) is 6.54 Å². The molecule has 2 N–H and O–H groups in total. The van der Waals surface area contributed by atoms with Gasteiger partial charge in [-0.3, -0.25) is 0 Å². The topological polar surface area (TPSA) is 62.7 Å². The summed E-state index contributed by atoms with van der Waals surface area (Å²) < 4.78 is 39.2. The molecular weight excluding hydrogens is 343 g/mol. The standard InChI is InChI=1S/C18H20F3N5/c19-18(20,21)14-8-4-5-9-15(14)24-16-12-23-26-17(25-16)22-11-10-13-6-2-1-3-7-13/h4-6,8-9,12H,1-3,7,10-11H2,(H2,22,24,25,26). The summed E-state index contributed by atoms with van der Waals surface area (Å²) in [6.45, 7) is 0.663. The van der Waals surface area contributed by atoms with Crippen molar-refractivity contribution in [2.75, 3.05) is 17.2 Å². The number of allylic oxidation sites excluding steroid dienone is 1. The molecule has 0 atom stereocenters. The lowest BCUT2D eigenvalue weighted by molar-refractivity contribution is -0.136. The van der Waals surface area contributed by atoms with Gasteiger partial charge in [-0.15, -0.1) is 5.10 Å².